The van der Waals surface area contributed by atoms with Crippen molar-refractivity contribution in [2.45, 2.75) is 39.7 Å². The lowest BCUT2D eigenvalue weighted by atomic mass is 10.1. The molecule has 0 unspecified atom stereocenters. The van der Waals surface area contributed by atoms with E-state index in [1.54, 1.807) is 0 Å². The molecule has 2 aromatic rings. The number of nitrogens with one attached hydrogen (secondary N) is 1. The first-order chi connectivity index (χ1) is 10.6. The Morgan fingerprint density at radius 3 is 2.73 bits per heavy atom. The van der Waals surface area contributed by atoms with E-state index in [0.29, 0.717) is 6.04 Å². The van der Waals surface area contributed by atoms with Crippen LogP contribution in [0, 0.1) is 0 Å². The summed E-state index contributed by atoms with van der Waals surface area (Å²) in [5, 5.41) is 4.82. The number of nitrogens with zero attached hydrogens (tertiary/aromatic N) is 2. The van der Waals surface area contributed by atoms with E-state index in [0.717, 1.165) is 23.1 Å². The summed E-state index contributed by atoms with van der Waals surface area (Å²) in [5.74, 6) is 0. The molecule has 1 heterocycles. The molecule has 22 heavy (non-hydrogen) atoms. The fraction of sp³-hybridized carbons (Fsp3) is 0.500. The maximum absolute atomic E-state index is 4.44. The summed E-state index contributed by atoms with van der Waals surface area (Å²) < 4.78 is 1.07. The van der Waals surface area contributed by atoms with Crippen LogP contribution in [-0.4, -0.2) is 35.6 Å². The molecule has 0 amide bonds. The molecular weight excluding hydrogens is 338 g/mol. The molecule has 1 aromatic heterocycles. The highest BCUT2D eigenvalue weighted by Gasteiger charge is 2.07. The molecular formula is C18H26BrN3. The molecule has 120 valence electrons. The second-order valence-electron chi connectivity index (χ2n) is 5.73. The third kappa shape index (κ3) is 4.68. The van der Waals surface area contributed by atoms with Gasteiger partial charge in [0.1, 0.15) is 0 Å². The van der Waals surface area contributed by atoms with Crippen LogP contribution in [0.3, 0.4) is 0 Å². The molecule has 0 spiro atoms. The van der Waals surface area contributed by atoms with Crippen molar-refractivity contribution < 1.29 is 0 Å². The predicted octanol–water partition coefficient (Wildman–Crippen LogP) is 4.92. The van der Waals surface area contributed by atoms with Gasteiger partial charge in [-0.05, 0) is 63.7 Å². The van der Waals surface area contributed by atoms with Crippen molar-refractivity contribution in [3.63, 3.8) is 0 Å². The van der Waals surface area contributed by atoms with Crippen molar-refractivity contribution in [1.82, 2.24) is 9.88 Å². The van der Waals surface area contributed by atoms with Gasteiger partial charge in [0.2, 0.25) is 0 Å². The zero-order chi connectivity index (χ0) is 15.9. The molecule has 2 rings (SSSR count). The molecule has 0 aliphatic rings. The third-order valence-electron chi connectivity index (χ3n) is 4.11. The third-order valence-corrected chi connectivity index (χ3v) is 4.61. The van der Waals surface area contributed by atoms with Gasteiger partial charge in [0.25, 0.3) is 0 Å². The van der Waals surface area contributed by atoms with Crippen molar-refractivity contribution >= 4 is 32.5 Å². The molecule has 1 N–H and O–H groups in total. The van der Waals surface area contributed by atoms with Crippen molar-refractivity contribution in [2.75, 3.05) is 25.0 Å². The molecule has 0 saturated heterocycles. The lowest BCUT2D eigenvalue weighted by molar-refractivity contribution is 0.295. The van der Waals surface area contributed by atoms with Crippen molar-refractivity contribution in [1.29, 1.82) is 0 Å². The van der Waals surface area contributed by atoms with E-state index in [4.69, 9.17) is 0 Å². The monoisotopic (exact) mass is 363 g/mol. The first kappa shape index (κ1) is 17.2. The summed E-state index contributed by atoms with van der Waals surface area (Å²) in [6, 6.07) is 8.78. The Hall–Kier alpha value is -1.13. The van der Waals surface area contributed by atoms with Crippen LogP contribution in [0.25, 0.3) is 10.9 Å². The zero-order valence-electron chi connectivity index (χ0n) is 13.8. The highest BCUT2D eigenvalue weighted by atomic mass is 79.9. The number of benzene rings is 1. The number of pyridine rings is 1. The first-order valence-corrected chi connectivity index (χ1v) is 8.96. The number of hydrogen-bond acceptors (Lipinski definition) is 3. The molecule has 0 fully saturated rings. The van der Waals surface area contributed by atoms with E-state index < -0.39 is 0 Å². The Labute approximate surface area is 142 Å². The van der Waals surface area contributed by atoms with Crippen LogP contribution in [0.4, 0.5) is 5.69 Å². The normalized spacial score (nSPS) is 12.8. The quantitative estimate of drug-likeness (QED) is 0.721. The molecule has 1 atom stereocenters. The zero-order valence-corrected chi connectivity index (χ0v) is 15.4. The topological polar surface area (TPSA) is 28.2 Å². The van der Waals surface area contributed by atoms with Crippen LogP contribution >= 0.6 is 15.9 Å². The summed E-state index contributed by atoms with van der Waals surface area (Å²) in [5.41, 5.74) is 2.20. The molecule has 0 saturated carbocycles. The summed E-state index contributed by atoms with van der Waals surface area (Å²) in [4.78, 5) is 6.92. The Morgan fingerprint density at radius 1 is 1.23 bits per heavy atom. The Bertz CT molecular complexity index is 596. The highest BCUT2D eigenvalue weighted by molar-refractivity contribution is 9.10. The van der Waals surface area contributed by atoms with E-state index in [2.05, 4.69) is 76.2 Å². The fourth-order valence-corrected chi connectivity index (χ4v) is 3.09. The van der Waals surface area contributed by atoms with Gasteiger partial charge in [0.05, 0.1) is 5.52 Å². The Morgan fingerprint density at radius 2 is 2.00 bits per heavy atom. The van der Waals surface area contributed by atoms with Gasteiger partial charge in [-0.2, -0.15) is 0 Å². The second-order valence-corrected chi connectivity index (χ2v) is 6.65. The summed E-state index contributed by atoms with van der Waals surface area (Å²) in [7, 11) is 0. The number of aromatic nitrogens is 1. The van der Waals surface area contributed by atoms with E-state index in [9.17, 15) is 0 Å². The second kappa shape index (κ2) is 8.49. The van der Waals surface area contributed by atoms with Crippen LogP contribution in [0.1, 0.15) is 33.6 Å². The maximum atomic E-state index is 4.44. The minimum absolute atomic E-state index is 0.463. The van der Waals surface area contributed by atoms with Gasteiger partial charge < -0.3 is 10.2 Å². The summed E-state index contributed by atoms with van der Waals surface area (Å²) >= 11 is 3.50. The van der Waals surface area contributed by atoms with Crippen LogP contribution in [-0.2, 0) is 0 Å². The van der Waals surface area contributed by atoms with Crippen LogP contribution in [0.5, 0.6) is 0 Å². The van der Waals surface area contributed by atoms with E-state index in [1.165, 1.54) is 30.5 Å². The van der Waals surface area contributed by atoms with Gasteiger partial charge in [-0.25, -0.2) is 0 Å². The molecule has 3 nitrogen and oxygen atoms in total. The van der Waals surface area contributed by atoms with E-state index in [-0.39, 0.29) is 0 Å². The van der Waals surface area contributed by atoms with Crippen LogP contribution in [0.15, 0.2) is 34.9 Å². The largest absolute Gasteiger partial charge is 0.382 e. The smallest absolute Gasteiger partial charge is 0.0733 e. The van der Waals surface area contributed by atoms with Crippen LogP contribution in [0.2, 0.25) is 0 Å². The molecule has 0 bridgehead atoms. The van der Waals surface area contributed by atoms with Gasteiger partial charge in [0, 0.05) is 27.8 Å². The number of hydrogen-bond donors (Lipinski definition) is 1. The molecule has 4 heteroatoms. The minimum Gasteiger partial charge on any atom is -0.382 e. The van der Waals surface area contributed by atoms with Gasteiger partial charge in [-0.1, -0.05) is 29.8 Å². The minimum atomic E-state index is 0.463. The Kier molecular flexibility index (Phi) is 6.65. The van der Waals surface area contributed by atoms with Gasteiger partial charge >= 0.3 is 0 Å². The van der Waals surface area contributed by atoms with Crippen molar-refractivity contribution in [3.8, 4) is 0 Å². The lowest BCUT2D eigenvalue weighted by Crippen LogP contribution is -2.25. The average molecular weight is 364 g/mol. The molecule has 0 aliphatic heterocycles. The van der Waals surface area contributed by atoms with E-state index in [1.807, 2.05) is 6.20 Å². The number of rotatable bonds is 8. The van der Waals surface area contributed by atoms with Crippen molar-refractivity contribution in [3.05, 3.63) is 34.9 Å². The summed E-state index contributed by atoms with van der Waals surface area (Å²) in [6.07, 6.45) is 4.28. The van der Waals surface area contributed by atoms with Crippen molar-refractivity contribution in [2.24, 2.45) is 0 Å². The first-order valence-electron chi connectivity index (χ1n) is 8.17. The summed E-state index contributed by atoms with van der Waals surface area (Å²) in [6.45, 7) is 10.2. The fourth-order valence-electron chi connectivity index (χ4n) is 2.75. The standard InChI is InChI=1S/C18H26BrN3/c1-4-22(5-2)12-6-7-14(3)21-17-10-11-20-18-13-15(19)8-9-16(17)18/h8-11,13-14H,4-7,12H2,1-3H3,(H,20,21)/t14-/m0/s1. The highest BCUT2D eigenvalue weighted by Crippen LogP contribution is 2.25. The lowest BCUT2D eigenvalue weighted by Gasteiger charge is -2.20. The number of anilines is 1. The number of halogens is 1. The van der Waals surface area contributed by atoms with Gasteiger partial charge in [0.15, 0.2) is 0 Å². The van der Waals surface area contributed by atoms with E-state index >= 15 is 0 Å². The average Bonchev–Trinajstić information content (AvgIpc) is 2.51. The molecule has 1 aromatic carbocycles. The maximum Gasteiger partial charge on any atom is 0.0733 e. The van der Waals surface area contributed by atoms with Gasteiger partial charge in [-0.3, -0.25) is 4.98 Å². The molecule has 0 aliphatic carbocycles. The molecule has 0 radical (unpaired) electrons. The van der Waals surface area contributed by atoms with Crippen LogP contribution < -0.4 is 5.32 Å². The van der Waals surface area contributed by atoms with Gasteiger partial charge in [-0.15, -0.1) is 0 Å². The predicted molar refractivity (Wildman–Crippen MR) is 99.5 cm³/mol. The Balaban J connectivity index is 1.95. The SMILES string of the molecule is CCN(CC)CCC[C@H](C)Nc1ccnc2cc(Br)ccc12. The number of fused-ring (bicyclic) bond motifs is 1.